The van der Waals surface area contributed by atoms with Crippen LogP contribution in [0.3, 0.4) is 0 Å². The van der Waals surface area contributed by atoms with Gasteiger partial charge in [0.15, 0.2) is 23.1 Å². The molecule has 0 saturated carbocycles. The molecule has 280 valence electrons. The van der Waals surface area contributed by atoms with Crippen LogP contribution in [-0.2, 0) is 0 Å². The fraction of sp³-hybridized carbons (Fsp3) is 0. The Balaban J connectivity index is 0.947. The summed E-state index contributed by atoms with van der Waals surface area (Å²) in [7, 11) is 0. The van der Waals surface area contributed by atoms with E-state index in [4.69, 9.17) is 24.4 Å². The van der Waals surface area contributed by atoms with Crippen molar-refractivity contribution in [1.29, 1.82) is 0 Å². The second-order valence-electron chi connectivity index (χ2n) is 15.0. The highest BCUT2D eigenvalue weighted by atomic mass is 32.1. The van der Waals surface area contributed by atoms with Crippen LogP contribution in [0.1, 0.15) is 0 Å². The quantitative estimate of drug-likeness (QED) is 0.168. The van der Waals surface area contributed by atoms with E-state index in [9.17, 15) is 0 Å². The molecule has 0 aliphatic carbocycles. The van der Waals surface area contributed by atoms with Crippen LogP contribution in [-0.4, -0.2) is 19.9 Å². The SMILES string of the molecule is c1ccc(-c2ccc(-c3nc4ccc5sc6cc(-c7ccc(-c8nc(-c9ccccc9)nc(-c9ccc%10ccccc%10c9)n8)c8ccccc78)ccc6c5c4o3)cc2)cc1. The van der Waals surface area contributed by atoms with Crippen molar-refractivity contribution >= 4 is 64.2 Å². The smallest absolute Gasteiger partial charge is 0.227 e. The largest absolute Gasteiger partial charge is 0.435 e. The first-order chi connectivity index (χ1) is 29.7. The zero-order chi connectivity index (χ0) is 39.6. The fourth-order valence-electron chi connectivity index (χ4n) is 8.39. The predicted molar refractivity (Wildman–Crippen MR) is 248 cm³/mol. The van der Waals surface area contributed by atoms with Gasteiger partial charge in [0.25, 0.3) is 0 Å². The molecule has 0 aliphatic rings. The summed E-state index contributed by atoms with van der Waals surface area (Å²) in [4.78, 5) is 20.2. The van der Waals surface area contributed by atoms with Gasteiger partial charge in [0.05, 0.1) is 0 Å². The molecule has 3 heterocycles. The highest BCUT2D eigenvalue weighted by molar-refractivity contribution is 7.26. The average Bonchev–Trinajstić information content (AvgIpc) is 3.93. The van der Waals surface area contributed by atoms with Crippen LogP contribution in [0.5, 0.6) is 0 Å². The number of rotatable bonds is 6. The minimum Gasteiger partial charge on any atom is -0.435 e. The van der Waals surface area contributed by atoms with Gasteiger partial charge in [0.2, 0.25) is 5.89 Å². The Bertz CT molecular complexity index is 3600. The van der Waals surface area contributed by atoms with Crippen molar-refractivity contribution in [2.45, 2.75) is 0 Å². The summed E-state index contributed by atoms with van der Waals surface area (Å²) in [5.74, 6) is 2.54. The third-order valence-corrected chi connectivity index (χ3v) is 12.5. The van der Waals surface area contributed by atoms with Gasteiger partial charge in [-0.3, -0.25) is 0 Å². The molecule has 12 aromatic rings. The first-order valence-electron chi connectivity index (χ1n) is 20.0. The molecule has 0 radical (unpaired) electrons. The molecule has 12 rings (SSSR count). The monoisotopic (exact) mass is 784 g/mol. The lowest BCUT2D eigenvalue weighted by molar-refractivity contribution is 0.623. The number of hydrogen-bond donors (Lipinski definition) is 0. The number of fused-ring (bicyclic) bond motifs is 7. The van der Waals surface area contributed by atoms with E-state index in [-0.39, 0.29) is 0 Å². The van der Waals surface area contributed by atoms with Gasteiger partial charge in [-0.25, -0.2) is 19.9 Å². The zero-order valence-electron chi connectivity index (χ0n) is 32.1. The molecule has 0 amide bonds. The van der Waals surface area contributed by atoms with Crippen molar-refractivity contribution in [1.82, 2.24) is 19.9 Å². The second kappa shape index (κ2) is 13.9. The van der Waals surface area contributed by atoms with Crippen LogP contribution in [0, 0.1) is 0 Å². The van der Waals surface area contributed by atoms with Gasteiger partial charge in [-0.15, -0.1) is 11.3 Å². The van der Waals surface area contributed by atoms with Gasteiger partial charge in [-0.2, -0.15) is 0 Å². The Labute approximate surface area is 348 Å². The predicted octanol–water partition coefficient (Wildman–Crippen LogP) is 14.7. The lowest BCUT2D eigenvalue weighted by Crippen LogP contribution is -2.00. The van der Waals surface area contributed by atoms with Crippen LogP contribution in [0.2, 0.25) is 0 Å². The summed E-state index contributed by atoms with van der Waals surface area (Å²) < 4.78 is 8.94. The van der Waals surface area contributed by atoms with E-state index in [1.54, 1.807) is 11.3 Å². The Morgan fingerprint density at radius 1 is 0.350 bits per heavy atom. The summed E-state index contributed by atoms with van der Waals surface area (Å²) in [6, 6.07) is 67.6. The van der Waals surface area contributed by atoms with Crippen LogP contribution < -0.4 is 0 Å². The number of oxazole rings is 1. The molecule has 0 fully saturated rings. The van der Waals surface area contributed by atoms with Gasteiger partial charge in [-0.05, 0) is 86.3 Å². The van der Waals surface area contributed by atoms with E-state index >= 15 is 0 Å². The van der Waals surface area contributed by atoms with E-state index in [0.717, 1.165) is 77.0 Å². The zero-order valence-corrected chi connectivity index (χ0v) is 32.9. The van der Waals surface area contributed by atoms with E-state index < -0.39 is 0 Å². The van der Waals surface area contributed by atoms with Crippen molar-refractivity contribution in [3.05, 3.63) is 194 Å². The Hall–Kier alpha value is -7.80. The van der Waals surface area contributed by atoms with E-state index in [0.29, 0.717) is 23.4 Å². The van der Waals surface area contributed by atoms with Crippen molar-refractivity contribution in [2.75, 3.05) is 0 Å². The number of aromatic nitrogens is 4. The molecule has 0 unspecified atom stereocenters. The number of benzene rings is 9. The molecule has 60 heavy (non-hydrogen) atoms. The van der Waals surface area contributed by atoms with Crippen molar-refractivity contribution < 1.29 is 4.42 Å². The van der Waals surface area contributed by atoms with E-state index in [1.165, 1.54) is 20.3 Å². The number of hydrogen-bond acceptors (Lipinski definition) is 6. The summed E-state index contributed by atoms with van der Waals surface area (Å²) in [6.07, 6.45) is 0. The Kier molecular flexibility index (Phi) is 7.96. The Morgan fingerprint density at radius 2 is 0.950 bits per heavy atom. The molecule has 0 N–H and O–H groups in total. The summed E-state index contributed by atoms with van der Waals surface area (Å²) >= 11 is 1.78. The van der Waals surface area contributed by atoms with Crippen LogP contribution in [0.25, 0.3) is 121 Å². The third-order valence-electron chi connectivity index (χ3n) is 11.4. The summed E-state index contributed by atoms with van der Waals surface area (Å²) in [5, 5.41) is 6.79. The Morgan fingerprint density at radius 3 is 1.75 bits per heavy atom. The van der Waals surface area contributed by atoms with E-state index in [1.807, 2.05) is 36.4 Å². The van der Waals surface area contributed by atoms with Gasteiger partial charge >= 0.3 is 0 Å². The maximum absolute atomic E-state index is 6.58. The molecule has 6 heteroatoms. The van der Waals surface area contributed by atoms with Crippen molar-refractivity contribution in [3.8, 4) is 67.9 Å². The minimum atomic E-state index is 0.623. The van der Waals surface area contributed by atoms with Crippen LogP contribution in [0.15, 0.2) is 199 Å². The van der Waals surface area contributed by atoms with Gasteiger partial charge in [0, 0.05) is 42.4 Å². The molecule has 9 aromatic carbocycles. The number of nitrogens with zero attached hydrogens (tertiary/aromatic N) is 4. The fourth-order valence-corrected chi connectivity index (χ4v) is 9.53. The minimum absolute atomic E-state index is 0.623. The average molecular weight is 785 g/mol. The lowest BCUT2D eigenvalue weighted by Gasteiger charge is -2.13. The highest BCUT2D eigenvalue weighted by Crippen LogP contribution is 2.43. The second-order valence-corrected chi connectivity index (χ2v) is 16.1. The summed E-state index contributed by atoms with van der Waals surface area (Å²) in [5.41, 5.74) is 10.1. The van der Waals surface area contributed by atoms with Crippen LogP contribution in [0.4, 0.5) is 0 Å². The van der Waals surface area contributed by atoms with Gasteiger partial charge in [-0.1, -0.05) is 152 Å². The molecular weight excluding hydrogens is 753 g/mol. The maximum Gasteiger partial charge on any atom is 0.227 e. The standard InChI is InChI=1S/C54H32N4OS/c1-3-11-33(12-4-1)35-19-22-37(23-20-35)54-55-46-29-30-47-49(50(46)59-54)45-26-25-39(32-48(45)60-47)41-27-28-44(43-18-10-9-17-42(41)43)53-57-51(36-14-5-2-6-15-36)56-52(58-53)40-24-21-34-13-7-8-16-38(34)31-40/h1-32H. The lowest BCUT2D eigenvalue weighted by atomic mass is 9.94. The van der Waals surface area contributed by atoms with Gasteiger partial charge < -0.3 is 4.42 Å². The van der Waals surface area contributed by atoms with E-state index in [2.05, 4.69) is 158 Å². The maximum atomic E-state index is 6.58. The molecule has 0 spiro atoms. The van der Waals surface area contributed by atoms with Crippen LogP contribution >= 0.6 is 11.3 Å². The third kappa shape index (κ3) is 5.84. The number of thiophene rings is 1. The summed E-state index contributed by atoms with van der Waals surface area (Å²) in [6.45, 7) is 0. The topological polar surface area (TPSA) is 64.7 Å². The van der Waals surface area contributed by atoms with Crippen molar-refractivity contribution in [2.24, 2.45) is 0 Å². The normalized spacial score (nSPS) is 11.7. The molecule has 0 atom stereocenters. The molecule has 0 bridgehead atoms. The molecule has 0 aliphatic heterocycles. The molecular formula is C54H32N4OS. The molecule has 0 saturated heterocycles. The molecule has 5 nitrogen and oxygen atoms in total. The van der Waals surface area contributed by atoms with Gasteiger partial charge in [0.1, 0.15) is 5.52 Å². The first-order valence-corrected chi connectivity index (χ1v) is 20.8. The first kappa shape index (κ1) is 34.3. The molecule has 3 aromatic heterocycles. The van der Waals surface area contributed by atoms with Crippen molar-refractivity contribution in [3.63, 3.8) is 0 Å². The highest BCUT2D eigenvalue weighted by Gasteiger charge is 2.19.